The van der Waals surface area contributed by atoms with E-state index in [0.717, 1.165) is 0 Å². The van der Waals surface area contributed by atoms with Crippen LogP contribution in [0.3, 0.4) is 0 Å². The van der Waals surface area contributed by atoms with E-state index in [4.69, 9.17) is 44.3 Å². The molecule has 1 amide bonds. The Morgan fingerprint density at radius 3 is 2.32 bits per heavy atom. The zero-order valence-electron chi connectivity index (χ0n) is 13.3. The summed E-state index contributed by atoms with van der Waals surface area (Å²) >= 11 is 17.8. The Kier molecular flexibility index (Phi) is 6.53. The topological polar surface area (TPSA) is 64.6 Å². The lowest BCUT2D eigenvalue weighted by Gasteiger charge is -2.16. The van der Waals surface area contributed by atoms with Crippen LogP contribution in [-0.4, -0.2) is 25.1 Å². The molecule has 0 fully saturated rings. The fourth-order valence-electron chi connectivity index (χ4n) is 1.98. The third kappa shape index (κ3) is 4.78. The fourth-order valence-corrected chi connectivity index (χ4v) is 2.70. The van der Waals surface area contributed by atoms with Gasteiger partial charge >= 0.3 is 5.97 Å². The van der Waals surface area contributed by atoms with Crippen molar-refractivity contribution in [3.63, 3.8) is 0 Å². The molecule has 0 saturated carbocycles. The predicted octanol–water partition coefficient (Wildman–Crippen LogP) is 4.84. The number of hydrogen-bond donors (Lipinski definition) is 1. The van der Waals surface area contributed by atoms with Crippen LogP contribution in [0, 0.1) is 0 Å². The van der Waals surface area contributed by atoms with Gasteiger partial charge in [0, 0.05) is 5.02 Å². The second kappa shape index (κ2) is 8.43. The lowest BCUT2D eigenvalue weighted by Crippen LogP contribution is -2.30. The molecule has 0 radical (unpaired) electrons. The Balaban J connectivity index is 2.11. The number of carbonyl (C=O) groups is 2. The van der Waals surface area contributed by atoms with Crippen LogP contribution in [0.15, 0.2) is 36.4 Å². The highest BCUT2D eigenvalue weighted by atomic mass is 35.5. The number of hydrogen-bond acceptors (Lipinski definition) is 4. The Bertz CT molecular complexity index is 790. The molecule has 1 atom stereocenters. The van der Waals surface area contributed by atoms with Gasteiger partial charge in [-0.1, -0.05) is 40.9 Å². The quantitative estimate of drug-likeness (QED) is 0.727. The average Bonchev–Trinajstić information content (AvgIpc) is 2.54. The number of ether oxygens (including phenoxy) is 2. The van der Waals surface area contributed by atoms with Crippen LogP contribution in [-0.2, 0) is 9.53 Å². The molecular weight excluding hydrogens is 389 g/mol. The molecule has 25 heavy (non-hydrogen) atoms. The van der Waals surface area contributed by atoms with Crippen LogP contribution in [0.4, 0.5) is 5.69 Å². The van der Waals surface area contributed by atoms with Gasteiger partial charge in [0.05, 0.1) is 28.4 Å². The van der Waals surface area contributed by atoms with Crippen molar-refractivity contribution in [1.82, 2.24) is 0 Å². The van der Waals surface area contributed by atoms with Gasteiger partial charge in [0.15, 0.2) is 6.10 Å². The molecule has 5 nitrogen and oxygen atoms in total. The van der Waals surface area contributed by atoms with Gasteiger partial charge in [0.2, 0.25) is 0 Å². The summed E-state index contributed by atoms with van der Waals surface area (Å²) < 4.78 is 10.3. The lowest BCUT2D eigenvalue weighted by atomic mass is 10.2. The van der Waals surface area contributed by atoms with Gasteiger partial charge < -0.3 is 14.8 Å². The highest BCUT2D eigenvalue weighted by molar-refractivity contribution is 6.39. The first-order chi connectivity index (χ1) is 11.8. The molecule has 0 spiro atoms. The number of halogens is 3. The lowest BCUT2D eigenvalue weighted by molar-refractivity contribution is -0.123. The highest BCUT2D eigenvalue weighted by Gasteiger charge is 2.23. The maximum atomic E-state index is 12.3. The van der Waals surface area contributed by atoms with Crippen LogP contribution < -0.4 is 10.1 Å². The number of anilines is 1. The Labute approximate surface area is 159 Å². The van der Waals surface area contributed by atoms with Crippen LogP contribution in [0.25, 0.3) is 0 Å². The minimum absolute atomic E-state index is 0.00539. The van der Waals surface area contributed by atoms with Crippen molar-refractivity contribution >= 4 is 52.4 Å². The number of amides is 1. The SMILES string of the molecule is COc1ccc(Cl)cc1NC(=O)[C@@H](C)OC(=O)c1c(Cl)cccc1Cl. The van der Waals surface area contributed by atoms with Crippen molar-refractivity contribution in [1.29, 1.82) is 0 Å². The zero-order chi connectivity index (χ0) is 18.6. The van der Waals surface area contributed by atoms with E-state index in [1.165, 1.54) is 32.2 Å². The summed E-state index contributed by atoms with van der Waals surface area (Å²) in [6.45, 7) is 1.43. The molecule has 2 rings (SSSR count). The van der Waals surface area contributed by atoms with Crippen molar-refractivity contribution in [3.8, 4) is 5.75 Å². The monoisotopic (exact) mass is 401 g/mol. The van der Waals surface area contributed by atoms with E-state index in [-0.39, 0.29) is 15.6 Å². The summed E-state index contributed by atoms with van der Waals surface area (Å²) in [6, 6.07) is 9.37. The standard InChI is InChI=1S/C17H14Cl3NO4/c1-9(25-17(23)15-11(19)4-3-5-12(15)20)16(22)21-13-8-10(18)6-7-14(13)24-2/h3-9H,1-2H3,(H,21,22)/t9-/m1/s1. The molecule has 0 aliphatic carbocycles. The fraction of sp³-hybridized carbons (Fsp3) is 0.176. The van der Waals surface area contributed by atoms with Crippen molar-refractivity contribution in [2.75, 3.05) is 12.4 Å². The minimum Gasteiger partial charge on any atom is -0.495 e. The first kappa shape index (κ1) is 19.4. The summed E-state index contributed by atoms with van der Waals surface area (Å²) in [5.41, 5.74) is 0.365. The van der Waals surface area contributed by atoms with Crippen LogP contribution >= 0.6 is 34.8 Å². The number of nitrogens with one attached hydrogen (secondary N) is 1. The van der Waals surface area contributed by atoms with Crippen molar-refractivity contribution < 1.29 is 19.1 Å². The number of carbonyl (C=O) groups excluding carboxylic acids is 2. The summed E-state index contributed by atoms with van der Waals surface area (Å²) in [5.74, 6) is -0.932. The van der Waals surface area contributed by atoms with E-state index in [1.54, 1.807) is 18.2 Å². The maximum Gasteiger partial charge on any atom is 0.341 e. The minimum atomic E-state index is -1.09. The summed E-state index contributed by atoms with van der Waals surface area (Å²) in [4.78, 5) is 24.5. The van der Waals surface area contributed by atoms with E-state index >= 15 is 0 Å². The predicted molar refractivity (Wildman–Crippen MR) is 98.0 cm³/mol. The van der Waals surface area contributed by atoms with Gasteiger partial charge in [-0.05, 0) is 37.3 Å². The molecule has 0 unspecified atom stereocenters. The normalized spacial score (nSPS) is 11.6. The van der Waals surface area contributed by atoms with Crippen LogP contribution in [0.5, 0.6) is 5.75 Å². The molecular formula is C17H14Cl3NO4. The van der Waals surface area contributed by atoms with E-state index < -0.39 is 18.0 Å². The van der Waals surface area contributed by atoms with E-state index in [2.05, 4.69) is 5.32 Å². The number of rotatable bonds is 5. The molecule has 0 aliphatic rings. The average molecular weight is 403 g/mol. The molecule has 1 N–H and O–H groups in total. The highest BCUT2D eigenvalue weighted by Crippen LogP contribution is 2.28. The van der Waals surface area contributed by atoms with Gasteiger partial charge in [-0.25, -0.2) is 4.79 Å². The smallest absolute Gasteiger partial charge is 0.341 e. The summed E-state index contributed by atoms with van der Waals surface area (Å²) in [6.07, 6.45) is -1.09. The molecule has 2 aromatic rings. The summed E-state index contributed by atoms with van der Waals surface area (Å²) in [5, 5.41) is 3.30. The molecule has 0 saturated heterocycles. The van der Waals surface area contributed by atoms with E-state index in [0.29, 0.717) is 16.5 Å². The largest absolute Gasteiger partial charge is 0.495 e. The third-order valence-electron chi connectivity index (χ3n) is 3.24. The van der Waals surface area contributed by atoms with Gasteiger partial charge in [0.25, 0.3) is 5.91 Å². The first-order valence-electron chi connectivity index (χ1n) is 7.13. The third-order valence-corrected chi connectivity index (χ3v) is 4.10. The number of methoxy groups -OCH3 is 1. The Hall–Kier alpha value is -1.95. The second-order valence-corrected chi connectivity index (χ2v) is 6.23. The van der Waals surface area contributed by atoms with Crippen molar-refractivity contribution in [3.05, 3.63) is 57.0 Å². The van der Waals surface area contributed by atoms with E-state index in [9.17, 15) is 9.59 Å². The zero-order valence-corrected chi connectivity index (χ0v) is 15.6. The van der Waals surface area contributed by atoms with Crippen LogP contribution in [0.1, 0.15) is 17.3 Å². The Morgan fingerprint density at radius 1 is 1.08 bits per heavy atom. The van der Waals surface area contributed by atoms with Crippen LogP contribution in [0.2, 0.25) is 15.1 Å². The van der Waals surface area contributed by atoms with Crippen molar-refractivity contribution in [2.45, 2.75) is 13.0 Å². The second-order valence-electron chi connectivity index (χ2n) is 4.98. The summed E-state index contributed by atoms with van der Waals surface area (Å²) in [7, 11) is 1.46. The molecule has 2 aromatic carbocycles. The molecule has 0 heterocycles. The van der Waals surface area contributed by atoms with Crippen molar-refractivity contribution in [2.24, 2.45) is 0 Å². The van der Waals surface area contributed by atoms with Gasteiger partial charge in [-0.15, -0.1) is 0 Å². The molecule has 8 heteroatoms. The van der Waals surface area contributed by atoms with E-state index in [1.807, 2.05) is 0 Å². The van der Waals surface area contributed by atoms with Gasteiger partial charge in [-0.2, -0.15) is 0 Å². The molecule has 0 bridgehead atoms. The molecule has 132 valence electrons. The molecule has 0 aromatic heterocycles. The Morgan fingerprint density at radius 2 is 1.72 bits per heavy atom. The first-order valence-corrected chi connectivity index (χ1v) is 8.26. The number of esters is 1. The van der Waals surface area contributed by atoms with Gasteiger partial charge in [-0.3, -0.25) is 4.79 Å². The maximum absolute atomic E-state index is 12.3. The molecule has 0 aliphatic heterocycles. The van der Waals surface area contributed by atoms with Gasteiger partial charge in [0.1, 0.15) is 5.75 Å². The number of benzene rings is 2.